The minimum absolute atomic E-state index is 0.135. The van der Waals surface area contributed by atoms with Crippen molar-refractivity contribution in [3.8, 4) is 11.5 Å². The number of ether oxygens (including phenoxy) is 2. The number of nitrogens with zero attached hydrogens (tertiary/aromatic N) is 2. The lowest BCUT2D eigenvalue weighted by molar-refractivity contribution is 0.173. The van der Waals surface area contributed by atoms with Crippen molar-refractivity contribution in [2.24, 2.45) is 0 Å². The minimum atomic E-state index is -3.52. The number of fused-ring (bicyclic) bond motifs is 1. The van der Waals surface area contributed by atoms with Crippen LogP contribution in [0.4, 0.5) is 0 Å². The van der Waals surface area contributed by atoms with Crippen LogP contribution in [0, 0.1) is 6.92 Å². The van der Waals surface area contributed by atoms with E-state index in [9.17, 15) is 8.42 Å². The Bertz CT molecular complexity index is 906. The van der Waals surface area contributed by atoms with Gasteiger partial charge in [-0.05, 0) is 30.2 Å². The lowest BCUT2D eigenvalue weighted by atomic mass is 10.1. The first-order valence-corrected chi connectivity index (χ1v) is 10.1. The van der Waals surface area contributed by atoms with Crippen LogP contribution in [0.15, 0.2) is 47.4 Å². The van der Waals surface area contributed by atoms with Crippen LogP contribution >= 0.6 is 0 Å². The molecule has 0 unspecified atom stereocenters. The van der Waals surface area contributed by atoms with E-state index < -0.39 is 10.0 Å². The molecule has 0 amide bonds. The van der Waals surface area contributed by atoms with Gasteiger partial charge in [-0.1, -0.05) is 24.3 Å². The third-order valence-corrected chi connectivity index (χ3v) is 6.86. The van der Waals surface area contributed by atoms with Crippen molar-refractivity contribution in [2.45, 2.75) is 18.4 Å². The van der Waals surface area contributed by atoms with E-state index in [1.54, 1.807) is 22.5 Å². The van der Waals surface area contributed by atoms with Crippen LogP contribution in [0.5, 0.6) is 11.5 Å². The van der Waals surface area contributed by atoms with Gasteiger partial charge in [0.2, 0.25) is 16.8 Å². The van der Waals surface area contributed by atoms with Crippen molar-refractivity contribution in [3.05, 3.63) is 53.6 Å². The van der Waals surface area contributed by atoms with E-state index in [1.807, 2.05) is 12.1 Å². The van der Waals surface area contributed by atoms with E-state index in [0.717, 1.165) is 19.6 Å². The molecule has 2 heterocycles. The van der Waals surface area contributed by atoms with E-state index in [1.165, 1.54) is 11.1 Å². The van der Waals surface area contributed by atoms with Crippen molar-refractivity contribution in [1.82, 2.24) is 9.21 Å². The summed E-state index contributed by atoms with van der Waals surface area (Å²) in [4.78, 5) is 2.56. The predicted octanol–water partition coefficient (Wildman–Crippen LogP) is 2.23. The molecule has 0 radical (unpaired) electrons. The predicted molar refractivity (Wildman–Crippen MR) is 97.8 cm³/mol. The Morgan fingerprint density at radius 1 is 0.962 bits per heavy atom. The lowest BCUT2D eigenvalue weighted by Crippen LogP contribution is -2.48. The fourth-order valence-electron chi connectivity index (χ4n) is 3.34. The zero-order valence-electron chi connectivity index (χ0n) is 14.7. The van der Waals surface area contributed by atoms with Gasteiger partial charge in [-0.15, -0.1) is 0 Å². The zero-order chi connectivity index (χ0) is 18.1. The molecular weight excluding hydrogens is 352 g/mol. The van der Waals surface area contributed by atoms with E-state index >= 15 is 0 Å². The van der Waals surface area contributed by atoms with Crippen molar-refractivity contribution in [2.75, 3.05) is 33.0 Å². The Hall–Kier alpha value is -2.09. The number of aryl methyl sites for hydroxylation is 1. The SMILES string of the molecule is Cc1ccccc1CN1CCN(S(=O)(=O)c2ccc3c(c2)OCO3)CC1. The number of rotatable bonds is 4. The van der Waals surface area contributed by atoms with Crippen LogP contribution < -0.4 is 9.47 Å². The van der Waals surface area contributed by atoms with Gasteiger partial charge in [0.25, 0.3) is 0 Å². The summed E-state index contributed by atoms with van der Waals surface area (Å²) in [5, 5.41) is 0. The molecule has 0 aromatic heterocycles. The number of sulfonamides is 1. The molecule has 2 aromatic rings. The summed E-state index contributed by atoms with van der Waals surface area (Å²) in [7, 11) is -3.52. The van der Waals surface area contributed by atoms with Gasteiger partial charge in [-0.25, -0.2) is 8.42 Å². The summed E-state index contributed by atoms with van der Waals surface area (Å²) in [5.74, 6) is 1.08. The van der Waals surface area contributed by atoms with Crippen molar-refractivity contribution >= 4 is 10.0 Å². The smallest absolute Gasteiger partial charge is 0.243 e. The van der Waals surface area contributed by atoms with E-state index in [2.05, 4.69) is 24.0 Å². The van der Waals surface area contributed by atoms with Crippen LogP contribution in [0.25, 0.3) is 0 Å². The molecule has 138 valence electrons. The summed E-state index contributed by atoms with van der Waals surface area (Å²) >= 11 is 0. The first kappa shape index (κ1) is 17.3. The summed E-state index contributed by atoms with van der Waals surface area (Å²) in [6, 6.07) is 13.1. The van der Waals surface area contributed by atoms with Gasteiger partial charge in [0, 0.05) is 38.8 Å². The number of hydrogen-bond donors (Lipinski definition) is 0. The fourth-order valence-corrected chi connectivity index (χ4v) is 4.78. The molecule has 6 nitrogen and oxygen atoms in total. The molecule has 0 saturated carbocycles. The van der Waals surface area contributed by atoms with Crippen LogP contribution in [0.3, 0.4) is 0 Å². The molecule has 1 fully saturated rings. The molecule has 26 heavy (non-hydrogen) atoms. The van der Waals surface area contributed by atoms with Crippen molar-refractivity contribution in [3.63, 3.8) is 0 Å². The third-order valence-electron chi connectivity index (χ3n) is 4.97. The summed E-state index contributed by atoms with van der Waals surface area (Å²) in [6.07, 6.45) is 0. The molecule has 0 aliphatic carbocycles. The van der Waals surface area contributed by atoms with E-state index in [-0.39, 0.29) is 11.7 Å². The Labute approximate surface area is 154 Å². The van der Waals surface area contributed by atoms with Crippen LogP contribution in [-0.2, 0) is 16.6 Å². The highest BCUT2D eigenvalue weighted by molar-refractivity contribution is 7.89. The first-order chi connectivity index (χ1) is 12.5. The second-order valence-corrected chi connectivity index (χ2v) is 8.56. The van der Waals surface area contributed by atoms with Gasteiger partial charge in [0.05, 0.1) is 4.90 Å². The van der Waals surface area contributed by atoms with Crippen molar-refractivity contribution < 1.29 is 17.9 Å². The minimum Gasteiger partial charge on any atom is -0.454 e. The molecule has 4 rings (SSSR count). The topological polar surface area (TPSA) is 59.1 Å². The summed E-state index contributed by atoms with van der Waals surface area (Å²) in [5.41, 5.74) is 2.56. The van der Waals surface area contributed by atoms with Crippen LogP contribution in [-0.4, -0.2) is 50.6 Å². The normalized spacial score (nSPS) is 18.2. The van der Waals surface area contributed by atoms with Gasteiger partial charge >= 0.3 is 0 Å². The second kappa shape index (κ2) is 6.90. The molecule has 0 N–H and O–H groups in total. The second-order valence-electron chi connectivity index (χ2n) is 6.62. The van der Waals surface area contributed by atoms with E-state index in [0.29, 0.717) is 24.6 Å². The average Bonchev–Trinajstić information content (AvgIpc) is 3.12. The van der Waals surface area contributed by atoms with Crippen LogP contribution in [0.1, 0.15) is 11.1 Å². The quantitative estimate of drug-likeness (QED) is 0.821. The molecular formula is C19H22N2O4S. The maximum absolute atomic E-state index is 12.9. The molecule has 2 aliphatic rings. The molecule has 0 bridgehead atoms. The highest BCUT2D eigenvalue weighted by Crippen LogP contribution is 2.34. The highest BCUT2D eigenvalue weighted by Gasteiger charge is 2.30. The number of benzene rings is 2. The summed E-state index contributed by atoms with van der Waals surface area (Å²) < 4.78 is 37.9. The standard InChI is InChI=1S/C19H22N2O4S/c1-15-4-2-3-5-16(15)13-20-8-10-21(11-9-20)26(22,23)17-6-7-18-19(12-17)25-14-24-18/h2-7,12H,8-11,13-14H2,1H3. The van der Waals surface area contributed by atoms with Crippen molar-refractivity contribution in [1.29, 1.82) is 0 Å². The third kappa shape index (κ3) is 3.30. The van der Waals surface area contributed by atoms with Gasteiger partial charge in [0.1, 0.15) is 0 Å². The monoisotopic (exact) mass is 374 g/mol. The zero-order valence-corrected chi connectivity index (χ0v) is 15.5. The lowest BCUT2D eigenvalue weighted by Gasteiger charge is -2.34. The summed E-state index contributed by atoms with van der Waals surface area (Å²) in [6.45, 7) is 5.51. The van der Waals surface area contributed by atoms with E-state index in [4.69, 9.17) is 9.47 Å². The largest absolute Gasteiger partial charge is 0.454 e. The molecule has 2 aliphatic heterocycles. The number of hydrogen-bond acceptors (Lipinski definition) is 5. The van der Waals surface area contributed by atoms with Gasteiger partial charge in [0.15, 0.2) is 11.5 Å². The first-order valence-electron chi connectivity index (χ1n) is 8.71. The Balaban J connectivity index is 1.43. The molecule has 7 heteroatoms. The maximum Gasteiger partial charge on any atom is 0.243 e. The molecule has 2 aromatic carbocycles. The molecule has 1 saturated heterocycles. The molecule has 0 atom stereocenters. The van der Waals surface area contributed by atoms with Gasteiger partial charge < -0.3 is 9.47 Å². The average molecular weight is 374 g/mol. The Kier molecular flexibility index (Phi) is 4.60. The van der Waals surface area contributed by atoms with Crippen LogP contribution in [0.2, 0.25) is 0 Å². The van der Waals surface area contributed by atoms with Gasteiger partial charge in [-0.2, -0.15) is 4.31 Å². The Morgan fingerprint density at radius 2 is 1.69 bits per heavy atom. The molecule has 0 spiro atoms. The van der Waals surface area contributed by atoms with Gasteiger partial charge in [-0.3, -0.25) is 4.90 Å². The fraction of sp³-hybridized carbons (Fsp3) is 0.368. The Morgan fingerprint density at radius 3 is 2.46 bits per heavy atom. The number of piperazine rings is 1. The highest BCUT2D eigenvalue weighted by atomic mass is 32.2. The maximum atomic E-state index is 12.9.